The van der Waals surface area contributed by atoms with Crippen molar-refractivity contribution in [2.24, 2.45) is 23.7 Å². The zero-order valence-corrected chi connectivity index (χ0v) is 32.4. The van der Waals surface area contributed by atoms with E-state index in [1.807, 2.05) is 86.8 Å². The third kappa shape index (κ3) is 18.1. The van der Waals surface area contributed by atoms with Crippen molar-refractivity contribution in [1.82, 2.24) is 0 Å². The van der Waals surface area contributed by atoms with Gasteiger partial charge < -0.3 is 55.4 Å². The van der Waals surface area contributed by atoms with E-state index >= 15 is 0 Å². The van der Waals surface area contributed by atoms with Crippen molar-refractivity contribution in [3.8, 4) is 0 Å². The van der Waals surface area contributed by atoms with Gasteiger partial charge in [0, 0.05) is 31.1 Å². The number of aliphatic hydroxyl groups excluding tert-OH is 7. The summed E-state index contributed by atoms with van der Waals surface area (Å²) in [6, 6.07) is 0. The van der Waals surface area contributed by atoms with Gasteiger partial charge in [0.1, 0.15) is 12.0 Å². The van der Waals surface area contributed by atoms with Crippen molar-refractivity contribution in [3.05, 3.63) is 85.1 Å². The molecule has 0 saturated carbocycles. The summed E-state index contributed by atoms with van der Waals surface area (Å²) in [5.41, 5.74) is 0. The van der Waals surface area contributed by atoms with Crippen LogP contribution in [0.4, 0.5) is 0 Å². The van der Waals surface area contributed by atoms with Crippen LogP contribution in [0.25, 0.3) is 0 Å². The largest absolute Gasteiger partial charge is 0.481 e. The fraction of sp³-hybridized carbons (Fsp3) is 0.619. The van der Waals surface area contributed by atoms with Crippen LogP contribution in [0.5, 0.6) is 0 Å². The Morgan fingerprint density at radius 3 is 1.76 bits per heavy atom. The molecular weight excluding hydrogens is 712 g/mol. The first-order valence-electron chi connectivity index (χ1n) is 19.2. The van der Waals surface area contributed by atoms with E-state index in [1.54, 1.807) is 26.0 Å². The van der Waals surface area contributed by atoms with Gasteiger partial charge in [-0.15, -0.1) is 0 Å². The Hall–Kier alpha value is -3.24. The Morgan fingerprint density at radius 2 is 1.20 bits per heavy atom. The van der Waals surface area contributed by atoms with Gasteiger partial charge in [-0.05, 0) is 38.5 Å². The van der Waals surface area contributed by atoms with Crippen LogP contribution in [0.15, 0.2) is 85.1 Å². The molecule has 0 aliphatic carbocycles. The highest BCUT2D eigenvalue weighted by molar-refractivity contribution is 5.71. The Kier molecular flexibility index (Phi) is 21.3. The van der Waals surface area contributed by atoms with E-state index in [0.717, 1.165) is 0 Å². The van der Waals surface area contributed by atoms with Crippen LogP contribution < -0.4 is 0 Å². The third-order valence-corrected chi connectivity index (χ3v) is 10.1. The molecule has 9 N–H and O–H groups in total. The zero-order chi connectivity index (χ0) is 41.1. The number of carbonyl (C=O) groups excluding carboxylic acids is 1. The van der Waals surface area contributed by atoms with Crippen molar-refractivity contribution in [3.63, 3.8) is 0 Å². The molecule has 13 heteroatoms. The molecule has 2 rings (SSSR count). The van der Waals surface area contributed by atoms with Gasteiger partial charge >= 0.3 is 11.9 Å². The molecule has 0 spiro atoms. The maximum absolute atomic E-state index is 12.5. The number of carboxylic acid groups (broad SMARTS) is 1. The van der Waals surface area contributed by atoms with Gasteiger partial charge in [-0.1, -0.05) is 106 Å². The van der Waals surface area contributed by atoms with Crippen LogP contribution in [0, 0.1) is 23.7 Å². The topological polar surface area (TPSA) is 235 Å². The highest BCUT2D eigenvalue weighted by Crippen LogP contribution is 2.38. The summed E-state index contributed by atoms with van der Waals surface area (Å²) < 4.78 is 11.3. The molecule has 1 saturated heterocycles. The van der Waals surface area contributed by atoms with E-state index in [-0.39, 0.29) is 37.5 Å². The van der Waals surface area contributed by atoms with Gasteiger partial charge in [0.15, 0.2) is 5.79 Å². The first-order valence-corrected chi connectivity index (χ1v) is 19.2. The Bertz CT molecular complexity index is 1370. The molecule has 13 nitrogen and oxygen atoms in total. The quantitative estimate of drug-likeness (QED) is 0.174. The fourth-order valence-corrected chi connectivity index (χ4v) is 6.72. The summed E-state index contributed by atoms with van der Waals surface area (Å²) in [6.45, 7) is 7.10. The Balaban J connectivity index is 2.18. The predicted molar refractivity (Wildman–Crippen MR) is 207 cm³/mol. The number of fused-ring (bicyclic) bond motifs is 2. The van der Waals surface area contributed by atoms with Gasteiger partial charge in [-0.3, -0.25) is 9.59 Å². The molecule has 55 heavy (non-hydrogen) atoms. The highest BCUT2D eigenvalue weighted by atomic mass is 16.6. The van der Waals surface area contributed by atoms with Crippen LogP contribution in [-0.4, -0.2) is 119 Å². The highest BCUT2D eigenvalue weighted by Gasteiger charge is 2.49. The van der Waals surface area contributed by atoms with Gasteiger partial charge in [0.25, 0.3) is 0 Å². The minimum Gasteiger partial charge on any atom is -0.481 e. The number of cyclic esters (lactones) is 1. The van der Waals surface area contributed by atoms with Crippen LogP contribution in [0.3, 0.4) is 0 Å². The SMILES string of the molecule is C[C@@H]1[C@H](O)[C@@H](C)C=CC=CC=CC=CC=CC=CC=C[C@H](C)C[C@@H]2O[C@](O)(C[C@@H](O)C[C@@H](O)[C@H](O)CC[C@@H](O)C[C@@H](O)CC(=O)O[C@H]1C)C[C@H](O)[C@H]2C(=O)O. The molecule has 0 unspecified atom stereocenters. The summed E-state index contributed by atoms with van der Waals surface area (Å²) in [5, 5.41) is 95.3. The second kappa shape index (κ2) is 24.4. The molecule has 2 heterocycles. The van der Waals surface area contributed by atoms with Gasteiger partial charge in [0.05, 0.1) is 55.3 Å². The van der Waals surface area contributed by atoms with E-state index in [2.05, 4.69) is 0 Å². The number of aliphatic carboxylic acids is 1. The summed E-state index contributed by atoms with van der Waals surface area (Å²) in [4.78, 5) is 24.6. The maximum atomic E-state index is 12.5. The minimum absolute atomic E-state index is 0.0510. The molecule has 0 aromatic rings. The van der Waals surface area contributed by atoms with Crippen molar-refractivity contribution in [2.45, 2.75) is 140 Å². The number of rotatable bonds is 1. The summed E-state index contributed by atoms with van der Waals surface area (Å²) >= 11 is 0. The molecule has 14 atom stereocenters. The predicted octanol–water partition coefficient (Wildman–Crippen LogP) is 3.17. The number of esters is 1. The molecule has 2 bridgehead atoms. The molecule has 0 aromatic heterocycles. The summed E-state index contributed by atoms with van der Waals surface area (Å²) in [5.74, 6) is -6.30. The summed E-state index contributed by atoms with van der Waals surface area (Å²) in [6.07, 6.45) is 12.9. The normalized spacial score (nSPS) is 39.1. The molecule has 0 amide bonds. The van der Waals surface area contributed by atoms with Crippen LogP contribution in [0.1, 0.15) is 79.1 Å². The van der Waals surface area contributed by atoms with E-state index in [4.69, 9.17) is 9.47 Å². The first kappa shape index (κ1) is 47.9. The van der Waals surface area contributed by atoms with E-state index in [1.165, 1.54) is 0 Å². The van der Waals surface area contributed by atoms with Crippen LogP contribution >= 0.6 is 0 Å². The van der Waals surface area contributed by atoms with Crippen molar-refractivity contribution < 1.29 is 65.0 Å². The lowest BCUT2D eigenvalue weighted by Crippen LogP contribution is -2.55. The molecule has 2 aliphatic rings. The number of carbonyl (C=O) groups is 2. The molecule has 1 fully saturated rings. The van der Waals surface area contributed by atoms with Crippen molar-refractivity contribution in [1.29, 1.82) is 0 Å². The fourth-order valence-electron chi connectivity index (χ4n) is 6.72. The first-order chi connectivity index (χ1) is 25.9. The summed E-state index contributed by atoms with van der Waals surface area (Å²) in [7, 11) is 0. The number of aliphatic hydroxyl groups is 8. The number of ether oxygens (including phenoxy) is 2. The van der Waals surface area contributed by atoms with Crippen molar-refractivity contribution in [2.75, 3.05) is 0 Å². The molecule has 0 aromatic carbocycles. The number of carboxylic acids is 1. The van der Waals surface area contributed by atoms with Gasteiger partial charge in [-0.25, -0.2) is 0 Å². The molecule has 310 valence electrons. The van der Waals surface area contributed by atoms with E-state index in [0.29, 0.717) is 0 Å². The molecular formula is C42H64O13. The number of allylic oxidation sites excluding steroid dienone is 13. The standard InChI is InChI=1S/C42H64O13/c1-27-17-15-13-11-9-7-5-6-8-10-12-14-16-18-28(2)40(50)29(3)30(4)54-38(49)24-32(44)22-31(43)19-20-34(46)35(47)23-33(45)25-42(53)26-36(48)39(41(51)52)37(21-27)55-42/h5-18,27-37,39-40,43-48,50,53H,19-26H2,1-4H3,(H,51,52)/t27-,28-,29-,30-,31+,32+,33-,34+,35+,36-,37-,39+,40+,42+/m0/s1. The molecule has 0 radical (unpaired) electrons. The lowest BCUT2D eigenvalue weighted by molar-refractivity contribution is -0.299. The smallest absolute Gasteiger partial charge is 0.311 e. The minimum atomic E-state index is -2.11. The maximum Gasteiger partial charge on any atom is 0.311 e. The van der Waals surface area contributed by atoms with E-state index in [9.17, 15) is 55.5 Å². The van der Waals surface area contributed by atoms with E-state index < -0.39 is 110 Å². The monoisotopic (exact) mass is 776 g/mol. The zero-order valence-electron chi connectivity index (χ0n) is 32.4. The van der Waals surface area contributed by atoms with Gasteiger partial charge in [0.2, 0.25) is 0 Å². The lowest BCUT2D eigenvalue weighted by Gasteiger charge is -2.44. The lowest BCUT2D eigenvalue weighted by atomic mass is 9.81. The van der Waals surface area contributed by atoms with Crippen LogP contribution in [0.2, 0.25) is 0 Å². The van der Waals surface area contributed by atoms with Crippen molar-refractivity contribution >= 4 is 11.9 Å². The second-order valence-corrected chi connectivity index (χ2v) is 15.1. The van der Waals surface area contributed by atoms with Gasteiger partial charge in [-0.2, -0.15) is 0 Å². The number of hydrogen-bond donors (Lipinski definition) is 9. The molecule has 2 aliphatic heterocycles. The average molecular weight is 777 g/mol. The number of hydrogen-bond acceptors (Lipinski definition) is 12. The Labute approximate surface area is 325 Å². The van der Waals surface area contributed by atoms with Crippen LogP contribution in [-0.2, 0) is 19.1 Å². The Morgan fingerprint density at radius 1 is 0.655 bits per heavy atom. The average Bonchev–Trinajstić information content (AvgIpc) is 3.08. The second-order valence-electron chi connectivity index (χ2n) is 15.1. The third-order valence-electron chi connectivity index (χ3n) is 10.1.